The van der Waals surface area contributed by atoms with Gasteiger partial charge in [0.15, 0.2) is 0 Å². The van der Waals surface area contributed by atoms with Crippen molar-refractivity contribution in [3.63, 3.8) is 0 Å². The molecule has 0 radical (unpaired) electrons. The highest BCUT2D eigenvalue weighted by molar-refractivity contribution is 7.89. The van der Waals surface area contributed by atoms with E-state index < -0.39 is 10.0 Å². The zero-order chi connectivity index (χ0) is 17.0. The third-order valence-corrected chi connectivity index (χ3v) is 5.81. The van der Waals surface area contributed by atoms with Crippen molar-refractivity contribution in [2.75, 3.05) is 26.3 Å². The number of hydrogen-bond donors (Lipinski definition) is 1. The number of nitrogens with zero attached hydrogens (tertiary/aromatic N) is 2. The first-order valence-corrected chi connectivity index (χ1v) is 9.81. The number of ether oxygens (including phenoxy) is 1. The molecule has 2 fully saturated rings. The van der Waals surface area contributed by atoms with E-state index in [0.717, 1.165) is 32.4 Å². The van der Waals surface area contributed by atoms with E-state index in [1.165, 1.54) is 18.5 Å². The van der Waals surface area contributed by atoms with Gasteiger partial charge in [0.25, 0.3) is 0 Å². The summed E-state index contributed by atoms with van der Waals surface area (Å²) in [6.07, 6.45) is 6.05. The fourth-order valence-corrected chi connectivity index (χ4v) is 3.87. The van der Waals surface area contributed by atoms with Crippen molar-refractivity contribution < 1.29 is 17.9 Å². The van der Waals surface area contributed by atoms with Crippen LogP contribution in [0.5, 0.6) is 0 Å². The summed E-state index contributed by atoms with van der Waals surface area (Å²) < 4.78 is 32.1. The van der Waals surface area contributed by atoms with Crippen molar-refractivity contribution in [2.45, 2.75) is 36.6 Å². The minimum Gasteiger partial charge on any atom is -0.381 e. The topological polar surface area (TPSA) is 88.6 Å². The van der Waals surface area contributed by atoms with Crippen LogP contribution in [0, 0.1) is 5.92 Å². The Morgan fingerprint density at radius 1 is 1.38 bits per heavy atom. The Balaban J connectivity index is 1.50. The van der Waals surface area contributed by atoms with Crippen LogP contribution < -0.4 is 4.72 Å². The summed E-state index contributed by atoms with van der Waals surface area (Å²) in [6, 6.07) is 3.37. The summed E-state index contributed by atoms with van der Waals surface area (Å²) >= 11 is 0. The molecule has 8 heteroatoms. The zero-order valence-corrected chi connectivity index (χ0v) is 14.4. The zero-order valence-electron chi connectivity index (χ0n) is 13.6. The summed E-state index contributed by atoms with van der Waals surface area (Å²) in [7, 11) is -3.61. The van der Waals surface area contributed by atoms with Gasteiger partial charge in [-0.1, -0.05) is 0 Å². The van der Waals surface area contributed by atoms with E-state index >= 15 is 0 Å². The average molecular weight is 353 g/mol. The van der Waals surface area contributed by atoms with Crippen LogP contribution in [-0.2, 0) is 19.6 Å². The van der Waals surface area contributed by atoms with Crippen LogP contribution in [0.1, 0.15) is 25.7 Å². The molecule has 3 rings (SSSR count). The van der Waals surface area contributed by atoms with Gasteiger partial charge in [-0.3, -0.25) is 9.78 Å². The number of carbonyl (C=O) groups excluding carboxylic acids is 1. The maximum absolute atomic E-state index is 12.5. The quantitative estimate of drug-likeness (QED) is 0.746. The summed E-state index contributed by atoms with van der Waals surface area (Å²) in [4.78, 5) is 18.3. The number of aromatic nitrogens is 1. The van der Waals surface area contributed by atoms with Crippen molar-refractivity contribution in [1.82, 2.24) is 14.6 Å². The van der Waals surface area contributed by atoms with Gasteiger partial charge in [-0.25, -0.2) is 13.1 Å². The standard InChI is InChI=1S/C16H23N3O4S/c20-16(19(14-3-4-14)11-13-6-9-23-12-13)5-8-18-24(21,22)15-2-1-7-17-10-15/h1-2,7,10,13-14,18H,3-6,8-9,11-12H2/t13-/m1/s1. The molecule has 0 spiro atoms. The van der Waals surface area contributed by atoms with Gasteiger partial charge >= 0.3 is 0 Å². The van der Waals surface area contributed by atoms with E-state index in [1.807, 2.05) is 4.90 Å². The highest BCUT2D eigenvalue weighted by Gasteiger charge is 2.34. The highest BCUT2D eigenvalue weighted by atomic mass is 32.2. The molecule has 7 nitrogen and oxygen atoms in total. The highest BCUT2D eigenvalue weighted by Crippen LogP contribution is 2.29. The van der Waals surface area contributed by atoms with Gasteiger partial charge in [0.1, 0.15) is 4.90 Å². The largest absolute Gasteiger partial charge is 0.381 e. The molecule has 2 aliphatic rings. The molecule has 1 N–H and O–H groups in total. The van der Waals surface area contributed by atoms with Gasteiger partial charge in [0.05, 0.1) is 6.61 Å². The lowest BCUT2D eigenvalue weighted by molar-refractivity contribution is -0.132. The predicted molar refractivity (Wildman–Crippen MR) is 87.7 cm³/mol. The molecule has 132 valence electrons. The molecule has 2 heterocycles. The van der Waals surface area contributed by atoms with Gasteiger partial charge in [-0.15, -0.1) is 0 Å². The molecule has 1 atom stereocenters. The van der Waals surface area contributed by atoms with Crippen LogP contribution in [0.4, 0.5) is 0 Å². The summed E-state index contributed by atoms with van der Waals surface area (Å²) in [6.45, 7) is 2.30. The number of rotatable bonds is 8. The van der Waals surface area contributed by atoms with Crippen molar-refractivity contribution in [3.05, 3.63) is 24.5 Å². The molecule has 1 amide bonds. The normalized spacial score (nSPS) is 20.9. The average Bonchev–Trinajstić information content (AvgIpc) is 3.29. The fourth-order valence-electron chi connectivity index (χ4n) is 2.87. The monoisotopic (exact) mass is 353 g/mol. The molecule has 1 saturated heterocycles. The number of carbonyl (C=O) groups is 1. The van der Waals surface area contributed by atoms with Crippen molar-refractivity contribution in [3.8, 4) is 0 Å². The van der Waals surface area contributed by atoms with E-state index in [-0.39, 0.29) is 23.8 Å². The van der Waals surface area contributed by atoms with Crippen LogP contribution in [0.2, 0.25) is 0 Å². The second kappa shape index (κ2) is 7.58. The summed E-state index contributed by atoms with van der Waals surface area (Å²) in [5.41, 5.74) is 0. The summed E-state index contributed by atoms with van der Waals surface area (Å²) in [5.74, 6) is 0.417. The van der Waals surface area contributed by atoms with Gasteiger partial charge in [-0.05, 0) is 31.4 Å². The second-order valence-corrected chi connectivity index (χ2v) is 8.11. The second-order valence-electron chi connectivity index (χ2n) is 6.34. The molecule has 1 aromatic heterocycles. The van der Waals surface area contributed by atoms with E-state index in [2.05, 4.69) is 9.71 Å². The Morgan fingerprint density at radius 3 is 2.83 bits per heavy atom. The molecule has 1 aliphatic carbocycles. The first-order valence-electron chi connectivity index (χ1n) is 8.33. The van der Waals surface area contributed by atoms with Crippen LogP contribution in [0.3, 0.4) is 0 Å². The molecular formula is C16H23N3O4S. The number of hydrogen-bond acceptors (Lipinski definition) is 5. The first-order chi connectivity index (χ1) is 11.6. The Morgan fingerprint density at radius 2 is 2.21 bits per heavy atom. The Labute approximate surface area is 142 Å². The third-order valence-electron chi connectivity index (χ3n) is 4.36. The molecule has 0 unspecified atom stereocenters. The molecule has 0 bridgehead atoms. The van der Waals surface area contributed by atoms with Crippen LogP contribution in [0.25, 0.3) is 0 Å². The lowest BCUT2D eigenvalue weighted by Gasteiger charge is -2.25. The fraction of sp³-hybridized carbons (Fsp3) is 0.625. The smallest absolute Gasteiger partial charge is 0.242 e. The molecule has 1 aliphatic heterocycles. The van der Waals surface area contributed by atoms with Gasteiger partial charge in [-0.2, -0.15) is 0 Å². The van der Waals surface area contributed by atoms with Gasteiger partial charge < -0.3 is 9.64 Å². The van der Waals surface area contributed by atoms with E-state index in [1.54, 1.807) is 6.07 Å². The molecule has 0 aromatic carbocycles. The molecule has 1 aromatic rings. The van der Waals surface area contributed by atoms with Gasteiger partial charge in [0, 0.05) is 50.5 Å². The van der Waals surface area contributed by atoms with E-state index in [0.29, 0.717) is 18.6 Å². The maximum Gasteiger partial charge on any atom is 0.242 e. The Bertz CT molecular complexity index is 655. The predicted octanol–water partition coefficient (Wildman–Crippen LogP) is 0.777. The lowest BCUT2D eigenvalue weighted by Crippen LogP contribution is -2.39. The number of amides is 1. The minimum absolute atomic E-state index is 0.0123. The Hall–Kier alpha value is -1.51. The van der Waals surface area contributed by atoms with Crippen LogP contribution in [-0.4, -0.2) is 56.6 Å². The summed E-state index contributed by atoms with van der Waals surface area (Å²) in [5, 5.41) is 0. The third kappa shape index (κ3) is 4.52. The molecular weight excluding hydrogens is 330 g/mol. The lowest BCUT2D eigenvalue weighted by atomic mass is 10.1. The van der Waals surface area contributed by atoms with Crippen molar-refractivity contribution in [2.24, 2.45) is 5.92 Å². The molecule has 24 heavy (non-hydrogen) atoms. The SMILES string of the molecule is O=C(CCNS(=O)(=O)c1cccnc1)N(C[C@H]1CCOC1)C1CC1. The van der Waals surface area contributed by atoms with Crippen molar-refractivity contribution in [1.29, 1.82) is 0 Å². The maximum atomic E-state index is 12.5. The van der Waals surface area contributed by atoms with Crippen molar-refractivity contribution >= 4 is 15.9 Å². The number of nitrogens with one attached hydrogen (secondary N) is 1. The first kappa shape index (κ1) is 17.3. The van der Waals surface area contributed by atoms with Gasteiger partial charge in [0.2, 0.25) is 15.9 Å². The minimum atomic E-state index is -3.61. The van der Waals surface area contributed by atoms with E-state index in [9.17, 15) is 13.2 Å². The van der Waals surface area contributed by atoms with Crippen LogP contribution in [0.15, 0.2) is 29.4 Å². The number of sulfonamides is 1. The van der Waals surface area contributed by atoms with Crippen LogP contribution >= 0.6 is 0 Å². The molecule has 1 saturated carbocycles. The van der Waals surface area contributed by atoms with E-state index in [4.69, 9.17) is 4.74 Å². The number of pyridine rings is 1. The Kier molecular flexibility index (Phi) is 5.47.